The standard InChI is InChI=1S/C27H25N3O5/c1-18-4-3-5-23(14-18)33-16-21-15-19(6-12-24(21)32-2)7-13-26-29-27(30-35-26)20-8-10-22(11-9-20)34-17-25(28)31/h3-15H,16-17H2,1-2H3,(H2,28,31)/b13-7-. The van der Waals surface area contributed by atoms with Crippen LogP contribution >= 0.6 is 0 Å². The Morgan fingerprint density at radius 2 is 1.83 bits per heavy atom. The second kappa shape index (κ2) is 11.0. The molecule has 4 aromatic rings. The smallest absolute Gasteiger partial charge is 0.255 e. The number of benzene rings is 3. The molecule has 2 N–H and O–H groups in total. The van der Waals surface area contributed by atoms with E-state index >= 15 is 0 Å². The van der Waals surface area contributed by atoms with Gasteiger partial charge in [-0.15, -0.1) is 0 Å². The summed E-state index contributed by atoms with van der Waals surface area (Å²) in [6.07, 6.45) is 3.63. The van der Waals surface area contributed by atoms with Gasteiger partial charge in [-0.05, 0) is 72.7 Å². The van der Waals surface area contributed by atoms with Crippen molar-refractivity contribution >= 4 is 18.1 Å². The van der Waals surface area contributed by atoms with E-state index in [0.29, 0.717) is 24.1 Å². The largest absolute Gasteiger partial charge is 0.496 e. The lowest BCUT2D eigenvalue weighted by Gasteiger charge is -2.11. The molecule has 4 rings (SSSR count). The number of hydrogen-bond acceptors (Lipinski definition) is 7. The van der Waals surface area contributed by atoms with Crippen molar-refractivity contribution in [3.63, 3.8) is 0 Å². The van der Waals surface area contributed by atoms with Gasteiger partial charge in [0.25, 0.3) is 11.8 Å². The minimum absolute atomic E-state index is 0.179. The molecule has 8 nitrogen and oxygen atoms in total. The Balaban J connectivity index is 1.43. The van der Waals surface area contributed by atoms with Gasteiger partial charge in [-0.3, -0.25) is 4.79 Å². The molecular formula is C27H25N3O5. The summed E-state index contributed by atoms with van der Waals surface area (Å²) in [7, 11) is 1.64. The molecule has 0 aliphatic heterocycles. The Morgan fingerprint density at radius 1 is 1.00 bits per heavy atom. The highest BCUT2D eigenvalue weighted by atomic mass is 16.5. The monoisotopic (exact) mass is 471 g/mol. The maximum atomic E-state index is 10.8. The number of carbonyl (C=O) groups is 1. The Labute approximate surface area is 202 Å². The van der Waals surface area contributed by atoms with E-state index in [1.807, 2.05) is 55.5 Å². The molecule has 0 atom stereocenters. The van der Waals surface area contributed by atoms with Crippen LogP contribution in [0.5, 0.6) is 17.2 Å². The number of carbonyl (C=O) groups excluding carboxylic acids is 1. The number of aryl methyl sites for hydroxylation is 1. The van der Waals surface area contributed by atoms with E-state index in [9.17, 15) is 4.79 Å². The van der Waals surface area contributed by atoms with E-state index < -0.39 is 5.91 Å². The molecule has 0 fully saturated rings. The number of rotatable bonds is 10. The van der Waals surface area contributed by atoms with Gasteiger partial charge < -0.3 is 24.5 Å². The van der Waals surface area contributed by atoms with Crippen LogP contribution in [0.1, 0.15) is 22.6 Å². The molecule has 178 valence electrons. The van der Waals surface area contributed by atoms with Gasteiger partial charge >= 0.3 is 0 Å². The zero-order chi connectivity index (χ0) is 24.6. The van der Waals surface area contributed by atoms with E-state index in [2.05, 4.69) is 10.1 Å². The van der Waals surface area contributed by atoms with Gasteiger partial charge in [0, 0.05) is 17.2 Å². The molecule has 1 amide bonds. The van der Waals surface area contributed by atoms with Crippen LogP contribution in [0.4, 0.5) is 0 Å². The summed E-state index contributed by atoms with van der Waals surface area (Å²) in [5.74, 6) is 2.34. The third-order valence-electron chi connectivity index (χ3n) is 5.04. The average molecular weight is 472 g/mol. The maximum absolute atomic E-state index is 10.8. The van der Waals surface area contributed by atoms with Crippen molar-refractivity contribution in [2.75, 3.05) is 13.7 Å². The molecule has 3 aromatic carbocycles. The van der Waals surface area contributed by atoms with Crippen molar-refractivity contribution in [2.24, 2.45) is 5.73 Å². The first-order chi connectivity index (χ1) is 17.0. The highest BCUT2D eigenvalue weighted by molar-refractivity contribution is 5.75. The van der Waals surface area contributed by atoms with Gasteiger partial charge in [0.1, 0.15) is 23.9 Å². The van der Waals surface area contributed by atoms with Gasteiger partial charge in [-0.25, -0.2) is 0 Å². The molecule has 1 aromatic heterocycles. The fourth-order valence-electron chi connectivity index (χ4n) is 3.32. The number of aromatic nitrogens is 2. The minimum Gasteiger partial charge on any atom is -0.496 e. The molecule has 0 radical (unpaired) electrons. The van der Waals surface area contributed by atoms with E-state index in [0.717, 1.165) is 33.8 Å². The van der Waals surface area contributed by atoms with Crippen LogP contribution in [0.15, 0.2) is 71.3 Å². The van der Waals surface area contributed by atoms with Crippen LogP contribution in [0.3, 0.4) is 0 Å². The zero-order valence-electron chi connectivity index (χ0n) is 19.4. The number of nitrogens with two attached hydrogens (primary N) is 1. The Kier molecular flexibility index (Phi) is 7.42. The van der Waals surface area contributed by atoms with Crippen molar-refractivity contribution in [2.45, 2.75) is 13.5 Å². The molecule has 0 aliphatic rings. The zero-order valence-corrected chi connectivity index (χ0v) is 19.4. The van der Waals surface area contributed by atoms with Gasteiger partial charge in [0.2, 0.25) is 5.82 Å². The number of hydrogen-bond donors (Lipinski definition) is 1. The lowest BCUT2D eigenvalue weighted by Crippen LogP contribution is -2.19. The number of methoxy groups -OCH3 is 1. The lowest BCUT2D eigenvalue weighted by molar-refractivity contribution is -0.119. The van der Waals surface area contributed by atoms with Crippen molar-refractivity contribution in [1.29, 1.82) is 0 Å². The molecule has 0 spiro atoms. The molecule has 0 unspecified atom stereocenters. The minimum atomic E-state index is -0.536. The fraction of sp³-hybridized carbons (Fsp3) is 0.148. The predicted molar refractivity (Wildman–Crippen MR) is 132 cm³/mol. The van der Waals surface area contributed by atoms with Gasteiger partial charge in [-0.2, -0.15) is 4.98 Å². The first-order valence-electron chi connectivity index (χ1n) is 10.9. The Morgan fingerprint density at radius 3 is 2.57 bits per heavy atom. The van der Waals surface area contributed by atoms with E-state index in [-0.39, 0.29) is 6.61 Å². The Hall–Kier alpha value is -4.59. The van der Waals surface area contributed by atoms with Crippen molar-refractivity contribution in [1.82, 2.24) is 10.1 Å². The van der Waals surface area contributed by atoms with Crippen LogP contribution < -0.4 is 19.9 Å². The third-order valence-corrected chi connectivity index (χ3v) is 5.04. The van der Waals surface area contributed by atoms with Gasteiger partial charge in [-0.1, -0.05) is 23.4 Å². The van der Waals surface area contributed by atoms with Crippen molar-refractivity contribution in [3.8, 4) is 28.6 Å². The molecule has 0 aliphatic carbocycles. The molecule has 0 saturated heterocycles. The van der Waals surface area contributed by atoms with Crippen molar-refractivity contribution < 1.29 is 23.5 Å². The number of nitrogens with zero attached hydrogens (tertiary/aromatic N) is 2. The third kappa shape index (κ3) is 6.48. The number of ether oxygens (including phenoxy) is 3. The first-order valence-corrected chi connectivity index (χ1v) is 10.9. The highest BCUT2D eigenvalue weighted by Crippen LogP contribution is 2.24. The van der Waals surface area contributed by atoms with E-state index in [1.54, 1.807) is 37.5 Å². The maximum Gasteiger partial charge on any atom is 0.255 e. The molecule has 35 heavy (non-hydrogen) atoms. The fourth-order valence-corrected chi connectivity index (χ4v) is 3.32. The summed E-state index contributed by atoms with van der Waals surface area (Å²) in [5.41, 5.74) is 8.82. The lowest BCUT2D eigenvalue weighted by atomic mass is 10.1. The molecule has 0 bridgehead atoms. The van der Waals surface area contributed by atoms with Gasteiger partial charge in [0.05, 0.1) is 7.11 Å². The van der Waals surface area contributed by atoms with Crippen LogP contribution in [0.2, 0.25) is 0 Å². The summed E-state index contributed by atoms with van der Waals surface area (Å²) < 4.78 is 22.0. The molecule has 0 saturated carbocycles. The number of primary amides is 1. The van der Waals surface area contributed by atoms with Crippen molar-refractivity contribution in [3.05, 3.63) is 89.3 Å². The van der Waals surface area contributed by atoms with Crippen LogP contribution in [0, 0.1) is 6.92 Å². The molecule has 8 heteroatoms. The van der Waals surface area contributed by atoms with E-state index in [4.69, 9.17) is 24.5 Å². The average Bonchev–Trinajstić information content (AvgIpc) is 3.34. The van der Waals surface area contributed by atoms with Crippen LogP contribution in [-0.4, -0.2) is 29.8 Å². The van der Waals surface area contributed by atoms with E-state index in [1.165, 1.54) is 0 Å². The second-order valence-corrected chi connectivity index (χ2v) is 7.75. The molecule has 1 heterocycles. The quantitative estimate of drug-likeness (QED) is 0.358. The summed E-state index contributed by atoms with van der Waals surface area (Å²) >= 11 is 0. The first kappa shape index (κ1) is 23.6. The highest BCUT2D eigenvalue weighted by Gasteiger charge is 2.09. The second-order valence-electron chi connectivity index (χ2n) is 7.75. The number of amides is 1. The summed E-state index contributed by atoms with van der Waals surface area (Å²) in [4.78, 5) is 15.2. The Bertz CT molecular complexity index is 1330. The summed E-state index contributed by atoms with van der Waals surface area (Å²) in [6.45, 7) is 2.22. The van der Waals surface area contributed by atoms with Crippen LogP contribution in [0.25, 0.3) is 23.5 Å². The van der Waals surface area contributed by atoms with Gasteiger partial charge in [0.15, 0.2) is 6.61 Å². The predicted octanol–water partition coefficient (Wildman–Crippen LogP) is 4.67. The normalized spacial score (nSPS) is 10.9. The van der Waals surface area contributed by atoms with Crippen LogP contribution in [-0.2, 0) is 11.4 Å². The molecular weight excluding hydrogens is 446 g/mol. The topological polar surface area (TPSA) is 110 Å². The summed E-state index contributed by atoms with van der Waals surface area (Å²) in [6, 6.07) is 20.7. The SMILES string of the molecule is COc1ccc(/C=C\c2nc(-c3ccc(OCC(N)=O)cc3)no2)cc1COc1cccc(C)c1. The summed E-state index contributed by atoms with van der Waals surface area (Å²) in [5, 5.41) is 4.03.